The standard InChI is InChI=1S/C20H24N4O5/c1-28-17-6-3-15(4-7-17)23-11-9-22(10-12-23)14-20(25)21-18-13-16(24(26)27)5-8-19(18)29-2/h3-8,13H,9-12,14H2,1-2H3,(H,21,25). The monoisotopic (exact) mass is 400 g/mol. The lowest BCUT2D eigenvalue weighted by molar-refractivity contribution is -0.384. The Morgan fingerprint density at radius 3 is 2.34 bits per heavy atom. The molecule has 154 valence electrons. The van der Waals surface area contributed by atoms with Crippen LogP contribution in [0.1, 0.15) is 0 Å². The minimum absolute atomic E-state index is 0.103. The maximum absolute atomic E-state index is 12.4. The third-order valence-corrected chi connectivity index (χ3v) is 4.85. The number of methoxy groups -OCH3 is 2. The van der Waals surface area contributed by atoms with E-state index >= 15 is 0 Å². The number of nitrogens with one attached hydrogen (secondary N) is 1. The van der Waals surface area contributed by atoms with Gasteiger partial charge in [0.25, 0.3) is 5.69 Å². The number of ether oxygens (including phenoxy) is 2. The number of nitro groups is 1. The second-order valence-corrected chi connectivity index (χ2v) is 6.65. The van der Waals surface area contributed by atoms with Crippen LogP contribution in [0.2, 0.25) is 0 Å². The van der Waals surface area contributed by atoms with Crippen LogP contribution in [-0.2, 0) is 4.79 Å². The molecule has 1 N–H and O–H groups in total. The van der Waals surface area contributed by atoms with Gasteiger partial charge in [-0.25, -0.2) is 0 Å². The molecule has 2 aromatic rings. The van der Waals surface area contributed by atoms with Crippen LogP contribution in [-0.4, -0.2) is 62.7 Å². The van der Waals surface area contributed by atoms with E-state index in [0.29, 0.717) is 11.4 Å². The topological polar surface area (TPSA) is 97.2 Å². The molecule has 0 atom stereocenters. The molecule has 0 unspecified atom stereocenters. The van der Waals surface area contributed by atoms with Crippen molar-refractivity contribution in [2.75, 3.05) is 57.2 Å². The summed E-state index contributed by atoms with van der Waals surface area (Å²) in [6.07, 6.45) is 0. The van der Waals surface area contributed by atoms with Crippen molar-refractivity contribution in [3.63, 3.8) is 0 Å². The lowest BCUT2D eigenvalue weighted by atomic mass is 10.2. The molecule has 1 saturated heterocycles. The van der Waals surface area contributed by atoms with Crippen molar-refractivity contribution in [2.24, 2.45) is 0 Å². The van der Waals surface area contributed by atoms with Gasteiger partial charge in [0.05, 0.1) is 31.4 Å². The second kappa shape index (κ2) is 9.24. The first-order valence-electron chi connectivity index (χ1n) is 9.24. The van der Waals surface area contributed by atoms with Crippen molar-refractivity contribution >= 4 is 23.0 Å². The molecule has 0 saturated carbocycles. The van der Waals surface area contributed by atoms with Crippen LogP contribution in [0.15, 0.2) is 42.5 Å². The summed E-state index contributed by atoms with van der Waals surface area (Å²) in [4.78, 5) is 27.2. The number of anilines is 2. The average Bonchev–Trinajstić information content (AvgIpc) is 2.74. The molecule has 0 bridgehead atoms. The Morgan fingerprint density at radius 1 is 1.07 bits per heavy atom. The molecule has 1 aliphatic rings. The van der Waals surface area contributed by atoms with Crippen molar-refractivity contribution in [1.82, 2.24) is 4.90 Å². The summed E-state index contributed by atoms with van der Waals surface area (Å²) >= 11 is 0. The zero-order chi connectivity index (χ0) is 20.8. The predicted molar refractivity (Wildman–Crippen MR) is 110 cm³/mol. The number of non-ortho nitro benzene ring substituents is 1. The van der Waals surface area contributed by atoms with Gasteiger partial charge >= 0.3 is 0 Å². The Hall–Kier alpha value is -3.33. The van der Waals surface area contributed by atoms with Crippen LogP contribution < -0.4 is 19.7 Å². The number of nitro benzene ring substituents is 1. The maximum Gasteiger partial charge on any atom is 0.271 e. The number of rotatable bonds is 7. The van der Waals surface area contributed by atoms with Gasteiger partial charge in [-0.3, -0.25) is 19.8 Å². The van der Waals surface area contributed by atoms with Crippen molar-refractivity contribution in [3.8, 4) is 11.5 Å². The molecule has 1 fully saturated rings. The molecular formula is C20H24N4O5. The number of nitrogens with zero attached hydrogens (tertiary/aromatic N) is 3. The second-order valence-electron chi connectivity index (χ2n) is 6.65. The Morgan fingerprint density at radius 2 is 1.76 bits per heavy atom. The van der Waals surface area contributed by atoms with Crippen LogP contribution in [0.25, 0.3) is 0 Å². The van der Waals surface area contributed by atoms with Gasteiger partial charge in [0.15, 0.2) is 0 Å². The first kappa shape index (κ1) is 20.4. The van der Waals surface area contributed by atoms with Crippen LogP contribution in [0.5, 0.6) is 11.5 Å². The van der Waals surface area contributed by atoms with Crippen LogP contribution >= 0.6 is 0 Å². The summed E-state index contributed by atoms with van der Waals surface area (Å²) in [6, 6.07) is 12.0. The lowest BCUT2D eigenvalue weighted by Crippen LogP contribution is -2.48. The number of carbonyl (C=O) groups excluding carboxylic acids is 1. The van der Waals surface area contributed by atoms with Crippen molar-refractivity contribution < 1.29 is 19.2 Å². The largest absolute Gasteiger partial charge is 0.497 e. The minimum Gasteiger partial charge on any atom is -0.497 e. The van der Waals surface area contributed by atoms with Gasteiger partial charge in [-0.1, -0.05) is 0 Å². The molecular weight excluding hydrogens is 376 g/mol. The first-order chi connectivity index (χ1) is 14.0. The van der Waals surface area contributed by atoms with Gasteiger partial charge in [0.1, 0.15) is 11.5 Å². The van der Waals surface area contributed by atoms with E-state index in [1.807, 2.05) is 24.3 Å². The predicted octanol–water partition coefficient (Wildman–Crippen LogP) is 2.37. The highest BCUT2D eigenvalue weighted by Gasteiger charge is 2.20. The molecule has 2 aromatic carbocycles. The Kier molecular flexibility index (Phi) is 6.50. The van der Waals surface area contributed by atoms with E-state index in [1.165, 1.54) is 25.3 Å². The van der Waals surface area contributed by atoms with Crippen LogP contribution in [0, 0.1) is 10.1 Å². The normalized spacial score (nSPS) is 14.3. The summed E-state index contributed by atoms with van der Waals surface area (Å²) in [5.41, 5.74) is 1.31. The highest BCUT2D eigenvalue weighted by atomic mass is 16.6. The fourth-order valence-electron chi connectivity index (χ4n) is 3.26. The quantitative estimate of drug-likeness (QED) is 0.563. The lowest BCUT2D eigenvalue weighted by Gasteiger charge is -2.35. The van der Waals surface area contributed by atoms with Gasteiger partial charge in [-0.2, -0.15) is 0 Å². The first-order valence-corrected chi connectivity index (χ1v) is 9.24. The molecule has 3 rings (SSSR count). The number of amides is 1. The number of hydrogen-bond acceptors (Lipinski definition) is 7. The summed E-state index contributed by atoms with van der Waals surface area (Å²) in [5.74, 6) is 0.968. The number of carbonyl (C=O) groups is 1. The van der Waals surface area contributed by atoms with E-state index in [4.69, 9.17) is 9.47 Å². The molecule has 0 aliphatic carbocycles. The Labute approximate surface area is 169 Å². The maximum atomic E-state index is 12.4. The molecule has 9 nitrogen and oxygen atoms in total. The molecule has 0 spiro atoms. The SMILES string of the molecule is COc1ccc(N2CCN(CC(=O)Nc3cc([N+](=O)[O-])ccc3OC)CC2)cc1. The summed E-state index contributed by atoms with van der Waals surface area (Å²) in [7, 11) is 3.09. The number of hydrogen-bond donors (Lipinski definition) is 1. The van der Waals surface area contributed by atoms with Crippen molar-refractivity contribution in [1.29, 1.82) is 0 Å². The molecule has 9 heteroatoms. The van der Waals surface area contributed by atoms with Crippen LogP contribution in [0.3, 0.4) is 0 Å². The van der Waals surface area contributed by atoms with E-state index < -0.39 is 4.92 Å². The Balaban J connectivity index is 1.54. The molecule has 0 aromatic heterocycles. The number of piperazine rings is 1. The van der Waals surface area contributed by atoms with Gasteiger partial charge in [-0.15, -0.1) is 0 Å². The van der Waals surface area contributed by atoms with E-state index in [2.05, 4.69) is 15.1 Å². The highest BCUT2D eigenvalue weighted by molar-refractivity contribution is 5.94. The molecule has 1 heterocycles. The molecule has 0 radical (unpaired) electrons. The highest BCUT2D eigenvalue weighted by Crippen LogP contribution is 2.29. The third kappa shape index (κ3) is 5.14. The molecule has 29 heavy (non-hydrogen) atoms. The van der Waals surface area contributed by atoms with Gasteiger partial charge < -0.3 is 19.7 Å². The summed E-state index contributed by atoms with van der Waals surface area (Å²) < 4.78 is 10.4. The van der Waals surface area contributed by atoms with Gasteiger partial charge in [0, 0.05) is 44.0 Å². The number of benzene rings is 2. The van der Waals surface area contributed by atoms with Gasteiger partial charge in [0.2, 0.25) is 5.91 Å². The summed E-state index contributed by atoms with van der Waals surface area (Å²) in [6.45, 7) is 3.30. The fourth-order valence-corrected chi connectivity index (χ4v) is 3.26. The van der Waals surface area contributed by atoms with E-state index in [-0.39, 0.29) is 18.1 Å². The van der Waals surface area contributed by atoms with Crippen molar-refractivity contribution in [2.45, 2.75) is 0 Å². The molecule has 1 amide bonds. The molecule has 1 aliphatic heterocycles. The van der Waals surface area contributed by atoms with Gasteiger partial charge in [-0.05, 0) is 30.3 Å². The third-order valence-electron chi connectivity index (χ3n) is 4.85. The minimum atomic E-state index is -0.506. The summed E-state index contributed by atoms with van der Waals surface area (Å²) in [5, 5.41) is 13.7. The van der Waals surface area contributed by atoms with E-state index in [9.17, 15) is 14.9 Å². The smallest absolute Gasteiger partial charge is 0.271 e. The van der Waals surface area contributed by atoms with E-state index in [1.54, 1.807) is 7.11 Å². The van der Waals surface area contributed by atoms with Crippen molar-refractivity contribution in [3.05, 3.63) is 52.6 Å². The Bertz CT molecular complexity index is 864. The zero-order valence-corrected chi connectivity index (χ0v) is 16.5. The van der Waals surface area contributed by atoms with E-state index in [0.717, 1.165) is 37.6 Å². The fraction of sp³-hybridized carbons (Fsp3) is 0.350. The van der Waals surface area contributed by atoms with Crippen LogP contribution in [0.4, 0.5) is 17.1 Å². The zero-order valence-electron chi connectivity index (χ0n) is 16.5. The average molecular weight is 400 g/mol.